The summed E-state index contributed by atoms with van der Waals surface area (Å²) in [6, 6.07) is 0. The molecule has 1 aliphatic rings. The summed E-state index contributed by atoms with van der Waals surface area (Å²) in [5.41, 5.74) is 0.172. The number of aromatic amines is 2. The monoisotopic (exact) mass is 306 g/mol. The van der Waals surface area contributed by atoms with Crippen LogP contribution in [0.3, 0.4) is 0 Å². The normalized spacial score (nSPS) is 17.5. The van der Waals surface area contributed by atoms with Crippen LogP contribution in [0.2, 0.25) is 0 Å². The van der Waals surface area contributed by atoms with Crippen molar-refractivity contribution in [2.45, 2.75) is 31.6 Å². The van der Waals surface area contributed by atoms with Gasteiger partial charge in [-0.25, -0.2) is 4.79 Å². The average Bonchev–Trinajstić information content (AvgIpc) is 2.63. The van der Waals surface area contributed by atoms with Gasteiger partial charge >= 0.3 is 5.69 Å². The number of halogens is 1. The zero-order valence-corrected chi connectivity index (χ0v) is 9.76. The highest BCUT2D eigenvalue weighted by molar-refractivity contribution is 14.1. The molecule has 0 unspecified atom stereocenters. The maximum absolute atomic E-state index is 11.3. The van der Waals surface area contributed by atoms with E-state index in [0.717, 1.165) is 18.5 Å². The minimum absolute atomic E-state index is 0.267. The number of aromatic nitrogens is 2. The molecule has 0 radical (unpaired) electrons. The van der Waals surface area contributed by atoms with E-state index in [9.17, 15) is 9.59 Å². The Bertz CT molecular complexity index is 443. The maximum atomic E-state index is 11.3. The number of H-pyrrole nitrogens is 2. The van der Waals surface area contributed by atoms with Crippen LogP contribution in [-0.4, -0.2) is 9.97 Å². The molecule has 76 valence electrons. The van der Waals surface area contributed by atoms with Crippen LogP contribution in [0.15, 0.2) is 9.59 Å². The van der Waals surface area contributed by atoms with Gasteiger partial charge < -0.3 is 4.98 Å². The van der Waals surface area contributed by atoms with Gasteiger partial charge in [-0.15, -0.1) is 0 Å². The van der Waals surface area contributed by atoms with Crippen LogP contribution in [0.5, 0.6) is 0 Å². The van der Waals surface area contributed by atoms with E-state index < -0.39 is 5.69 Å². The first-order valence-electron chi connectivity index (χ1n) is 4.70. The van der Waals surface area contributed by atoms with E-state index in [-0.39, 0.29) is 5.56 Å². The summed E-state index contributed by atoms with van der Waals surface area (Å²) >= 11 is 2.00. The SMILES string of the molecule is O=c1[nH]c(C2CCCC2)c(I)c(=O)[nH]1. The standard InChI is InChI=1S/C9H11IN2O2/c10-6-7(5-3-1-2-4-5)11-9(14)12-8(6)13/h5H,1-4H2,(H2,11,12,13,14). The van der Waals surface area contributed by atoms with Crippen molar-refractivity contribution in [3.63, 3.8) is 0 Å². The molecule has 0 amide bonds. The molecule has 0 bridgehead atoms. The van der Waals surface area contributed by atoms with E-state index in [1.165, 1.54) is 12.8 Å². The minimum Gasteiger partial charge on any atom is -0.310 e. The smallest absolute Gasteiger partial charge is 0.310 e. The summed E-state index contributed by atoms with van der Waals surface area (Å²) in [7, 11) is 0. The van der Waals surface area contributed by atoms with E-state index in [1.54, 1.807) is 0 Å². The van der Waals surface area contributed by atoms with Gasteiger partial charge in [-0.2, -0.15) is 0 Å². The molecule has 2 N–H and O–H groups in total. The lowest BCUT2D eigenvalue weighted by atomic mass is 10.0. The Morgan fingerprint density at radius 1 is 1.14 bits per heavy atom. The minimum atomic E-state index is -0.391. The van der Waals surface area contributed by atoms with Gasteiger partial charge in [0.25, 0.3) is 5.56 Å². The van der Waals surface area contributed by atoms with E-state index in [2.05, 4.69) is 9.97 Å². The maximum Gasteiger partial charge on any atom is 0.325 e. The predicted octanol–water partition coefficient (Wildman–Crippen LogP) is 1.33. The second-order valence-corrected chi connectivity index (χ2v) is 4.70. The highest BCUT2D eigenvalue weighted by Gasteiger charge is 2.21. The van der Waals surface area contributed by atoms with Crippen molar-refractivity contribution in [1.29, 1.82) is 0 Å². The molecular formula is C9H11IN2O2. The molecule has 14 heavy (non-hydrogen) atoms. The first-order valence-corrected chi connectivity index (χ1v) is 5.78. The molecule has 1 saturated carbocycles. The van der Waals surface area contributed by atoms with Crippen molar-refractivity contribution in [2.24, 2.45) is 0 Å². The zero-order chi connectivity index (χ0) is 10.1. The zero-order valence-electron chi connectivity index (χ0n) is 7.60. The lowest BCUT2D eigenvalue weighted by molar-refractivity contribution is 0.680. The first-order chi connectivity index (χ1) is 6.68. The molecule has 1 aromatic rings. The van der Waals surface area contributed by atoms with Gasteiger partial charge in [0.1, 0.15) is 0 Å². The van der Waals surface area contributed by atoms with Crippen LogP contribution in [0.4, 0.5) is 0 Å². The Balaban J connectivity index is 2.51. The molecule has 0 atom stereocenters. The lowest BCUT2D eigenvalue weighted by Crippen LogP contribution is -2.27. The highest BCUT2D eigenvalue weighted by Crippen LogP contribution is 2.33. The van der Waals surface area contributed by atoms with Crippen LogP contribution < -0.4 is 11.2 Å². The van der Waals surface area contributed by atoms with Gasteiger partial charge in [0.2, 0.25) is 0 Å². The van der Waals surface area contributed by atoms with Crippen LogP contribution in [-0.2, 0) is 0 Å². The summed E-state index contributed by atoms with van der Waals surface area (Å²) in [5.74, 6) is 0.372. The van der Waals surface area contributed by atoms with Gasteiger partial charge in [0.15, 0.2) is 0 Å². The van der Waals surface area contributed by atoms with Crippen molar-refractivity contribution in [2.75, 3.05) is 0 Å². The number of nitrogens with one attached hydrogen (secondary N) is 2. The summed E-state index contributed by atoms with van der Waals surface area (Å²) < 4.78 is 0.633. The van der Waals surface area contributed by atoms with Crippen molar-refractivity contribution in [3.8, 4) is 0 Å². The summed E-state index contributed by atoms with van der Waals surface area (Å²) in [6.07, 6.45) is 4.54. The van der Waals surface area contributed by atoms with Crippen molar-refractivity contribution in [3.05, 3.63) is 30.1 Å². The Hall–Kier alpha value is -0.590. The van der Waals surface area contributed by atoms with Crippen molar-refractivity contribution in [1.82, 2.24) is 9.97 Å². The number of hydrogen-bond acceptors (Lipinski definition) is 2. The van der Waals surface area contributed by atoms with Crippen LogP contribution >= 0.6 is 22.6 Å². The third-order valence-electron chi connectivity index (χ3n) is 2.67. The van der Waals surface area contributed by atoms with E-state index >= 15 is 0 Å². The molecule has 0 aliphatic heterocycles. The topological polar surface area (TPSA) is 65.7 Å². The molecular weight excluding hydrogens is 295 g/mol. The Kier molecular flexibility index (Phi) is 2.76. The van der Waals surface area contributed by atoms with Gasteiger partial charge in [-0.05, 0) is 35.4 Å². The molecule has 5 heteroatoms. The lowest BCUT2D eigenvalue weighted by Gasteiger charge is -2.09. The summed E-state index contributed by atoms with van der Waals surface area (Å²) in [5, 5.41) is 0. The fourth-order valence-electron chi connectivity index (χ4n) is 1.98. The van der Waals surface area contributed by atoms with E-state index in [1.807, 2.05) is 22.6 Å². The fraction of sp³-hybridized carbons (Fsp3) is 0.556. The molecule has 0 aromatic carbocycles. The first kappa shape index (κ1) is 9.95. The molecule has 4 nitrogen and oxygen atoms in total. The predicted molar refractivity (Wildman–Crippen MR) is 61.6 cm³/mol. The van der Waals surface area contributed by atoms with Gasteiger partial charge in [0.05, 0.1) is 3.57 Å². The Morgan fingerprint density at radius 2 is 1.79 bits per heavy atom. The van der Waals surface area contributed by atoms with Crippen molar-refractivity contribution >= 4 is 22.6 Å². The van der Waals surface area contributed by atoms with E-state index in [0.29, 0.717) is 9.49 Å². The highest BCUT2D eigenvalue weighted by atomic mass is 127. The summed E-state index contributed by atoms with van der Waals surface area (Å²) in [6.45, 7) is 0. The van der Waals surface area contributed by atoms with Crippen LogP contribution in [0.1, 0.15) is 37.3 Å². The Morgan fingerprint density at radius 3 is 2.43 bits per heavy atom. The van der Waals surface area contributed by atoms with E-state index in [4.69, 9.17) is 0 Å². The molecule has 1 heterocycles. The molecule has 2 rings (SSSR count). The molecule has 1 fully saturated rings. The molecule has 0 spiro atoms. The third kappa shape index (κ3) is 1.77. The quantitative estimate of drug-likeness (QED) is 0.769. The van der Waals surface area contributed by atoms with Crippen molar-refractivity contribution < 1.29 is 0 Å². The Labute approximate surface area is 94.3 Å². The van der Waals surface area contributed by atoms with Crippen LogP contribution in [0.25, 0.3) is 0 Å². The second-order valence-electron chi connectivity index (χ2n) is 3.62. The second kappa shape index (κ2) is 3.88. The largest absolute Gasteiger partial charge is 0.325 e. The molecule has 1 aliphatic carbocycles. The third-order valence-corrected chi connectivity index (χ3v) is 3.75. The number of hydrogen-bond donors (Lipinski definition) is 2. The summed E-state index contributed by atoms with van der Waals surface area (Å²) in [4.78, 5) is 27.4. The molecule has 1 aromatic heterocycles. The average molecular weight is 306 g/mol. The fourth-order valence-corrected chi connectivity index (χ4v) is 2.69. The molecule has 0 saturated heterocycles. The van der Waals surface area contributed by atoms with Crippen LogP contribution in [0, 0.1) is 3.57 Å². The van der Waals surface area contributed by atoms with Gasteiger partial charge in [0, 0.05) is 11.6 Å². The van der Waals surface area contributed by atoms with Gasteiger partial charge in [-0.1, -0.05) is 12.8 Å². The van der Waals surface area contributed by atoms with Gasteiger partial charge in [-0.3, -0.25) is 9.78 Å². The number of rotatable bonds is 1.